The summed E-state index contributed by atoms with van der Waals surface area (Å²) in [5, 5.41) is 10.3. The third-order valence-electron chi connectivity index (χ3n) is 12.7. The molecule has 4 aromatic carbocycles. The first kappa shape index (κ1) is 36.1. The second-order valence-corrected chi connectivity index (χ2v) is 28.1. The highest BCUT2D eigenvalue weighted by Gasteiger charge is 2.42. The third-order valence-corrected chi connectivity index (χ3v) is 25.3. The van der Waals surface area contributed by atoms with Crippen LogP contribution in [-0.4, -0.2) is 25.3 Å². The average molecular weight is 695 g/mol. The minimum Gasteiger partial charge on any atom is -0.337 e. The second-order valence-electron chi connectivity index (χ2n) is 17.0. The summed E-state index contributed by atoms with van der Waals surface area (Å²) < 4.78 is 4.60. The zero-order chi connectivity index (χ0) is 36.4. The van der Waals surface area contributed by atoms with E-state index in [4.69, 9.17) is 0 Å². The fourth-order valence-corrected chi connectivity index (χ4v) is 20.4. The van der Waals surface area contributed by atoms with E-state index in [1.165, 1.54) is 54.1 Å². The van der Waals surface area contributed by atoms with Crippen molar-refractivity contribution in [2.45, 2.75) is 116 Å². The van der Waals surface area contributed by atoms with Gasteiger partial charge in [-0.3, -0.25) is 0 Å². The van der Waals surface area contributed by atoms with Gasteiger partial charge in [0, 0.05) is 35.9 Å². The third kappa shape index (κ3) is 5.55. The molecule has 6 aromatic rings. The minimum atomic E-state index is -1.82. The SMILES string of the molecule is CC(C)[Si](C#Cc1cc2cc3c(ccc4c5cc6cc(C#C[Si](C(C)C)(C(C)C)C(C)C)n(C)c6cc5ccc34)cc2n1C)(C(C)C)C(C)C. The summed E-state index contributed by atoms with van der Waals surface area (Å²) in [5.41, 5.74) is 16.3. The molecular weight excluding hydrogens is 637 g/mol. The van der Waals surface area contributed by atoms with Gasteiger partial charge in [-0.2, -0.15) is 0 Å². The molecule has 6 rings (SSSR count). The topological polar surface area (TPSA) is 9.86 Å². The van der Waals surface area contributed by atoms with Crippen LogP contribution >= 0.6 is 0 Å². The zero-order valence-electron chi connectivity index (χ0n) is 33.1. The van der Waals surface area contributed by atoms with E-state index in [0.717, 1.165) is 11.4 Å². The fourth-order valence-electron chi connectivity index (χ4n) is 9.99. The van der Waals surface area contributed by atoms with E-state index >= 15 is 0 Å². The number of rotatable bonds is 6. The Balaban J connectivity index is 1.49. The molecule has 0 aliphatic carbocycles. The second kappa shape index (κ2) is 13.1. The number of hydrogen-bond donors (Lipinski definition) is 0. The number of hydrogen-bond acceptors (Lipinski definition) is 0. The van der Waals surface area contributed by atoms with Crippen LogP contribution in [-0.2, 0) is 14.1 Å². The highest BCUT2D eigenvalue weighted by molar-refractivity contribution is 6.91. The van der Waals surface area contributed by atoms with Crippen molar-refractivity contribution in [3.05, 3.63) is 72.1 Å². The number of aryl methyl sites for hydroxylation is 2. The lowest BCUT2D eigenvalue weighted by atomic mass is 9.95. The summed E-state index contributed by atoms with van der Waals surface area (Å²) in [7, 11) is 0.707. The molecule has 0 unspecified atom stereocenters. The lowest BCUT2D eigenvalue weighted by Crippen LogP contribution is -2.43. The highest BCUT2D eigenvalue weighted by Crippen LogP contribution is 2.42. The van der Waals surface area contributed by atoms with E-state index in [2.05, 4.69) is 190 Å². The van der Waals surface area contributed by atoms with Gasteiger partial charge in [-0.15, -0.1) is 11.1 Å². The molecule has 2 aromatic heterocycles. The summed E-state index contributed by atoms with van der Waals surface area (Å²) in [5.74, 6) is 7.45. The lowest BCUT2D eigenvalue weighted by molar-refractivity contribution is 0.838. The van der Waals surface area contributed by atoms with Crippen LogP contribution in [0.1, 0.15) is 94.5 Å². The van der Waals surface area contributed by atoms with Gasteiger partial charge in [0.25, 0.3) is 0 Å². The maximum Gasteiger partial charge on any atom is 0.146 e. The van der Waals surface area contributed by atoms with Crippen molar-refractivity contribution in [1.29, 1.82) is 0 Å². The van der Waals surface area contributed by atoms with Gasteiger partial charge in [0.2, 0.25) is 0 Å². The molecule has 0 saturated carbocycles. The molecule has 0 atom stereocenters. The quantitative estimate of drug-likeness (QED) is 0.0933. The molecule has 260 valence electrons. The van der Waals surface area contributed by atoms with Crippen molar-refractivity contribution in [3.63, 3.8) is 0 Å². The Bertz CT molecular complexity index is 2180. The first-order chi connectivity index (χ1) is 23.5. The van der Waals surface area contributed by atoms with Crippen molar-refractivity contribution >= 4 is 70.3 Å². The Morgan fingerprint density at radius 3 is 1.02 bits per heavy atom. The molecular formula is C46H58N2Si2. The maximum absolute atomic E-state index is 3.95. The van der Waals surface area contributed by atoms with E-state index in [1.807, 2.05) is 0 Å². The van der Waals surface area contributed by atoms with Crippen LogP contribution in [0, 0.1) is 22.9 Å². The molecule has 2 nitrogen and oxygen atoms in total. The molecule has 0 saturated heterocycles. The van der Waals surface area contributed by atoms with E-state index in [0.29, 0.717) is 33.2 Å². The van der Waals surface area contributed by atoms with Crippen LogP contribution in [0.3, 0.4) is 0 Å². The average Bonchev–Trinajstić information content (AvgIpc) is 3.52. The predicted molar refractivity (Wildman–Crippen MR) is 228 cm³/mol. The number of fused-ring (bicyclic) bond motifs is 7. The van der Waals surface area contributed by atoms with E-state index < -0.39 is 16.1 Å². The van der Waals surface area contributed by atoms with Crippen molar-refractivity contribution in [3.8, 4) is 22.9 Å². The molecule has 2 heterocycles. The van der Waals surface area contributed by atoms with Crippen molar-refractivity contribution in [2.24, 2.45) is 14.1 Å². The molecule has 0 N–H and O–H groups in total. The van der Waals surface area contributed by atoms with Crippen LogP contribution in [0.25, 0.3) is 54.1 Å². The summed E-state index contributed by atoms with van der Waals surface area (Å²) in [6.45, 7) is 28.7. The lowest BCUT2D eigenvalue weighted by Gasteiger charge is -2.38. The summed E-state index contributed by atoms with van der Waals surface area (Å²) in [6, 6.07) is 23.4. The van der Waals surface area contributed by atoms with Gasteiger partial charge in [-0.05, 0) is 102 Å². The van der Waals surface area contributed by atoms with Gasteiger partial charge in [-0.25, -0.2) is 0 Å². The molecule has 0 bridgehead atoms. The number of nitrogens with zero attached hydrogens (tertiary/aromatic N) is 2. The van der Waals surface area contributed by atoms with Gasteiger partial charge >= 0.3 is 0 Å². The van der Waals surface area contributed by atoms with Gasteiger partial charge < -0.3 is 9.13 Å². The standard InChI is InChI=1S/C46H58N2Si2/c1-29(2)49(30(3)4,31(5)6)21-19-39-23-37-25-43-35(27-45(37)47(39)13)15-17-42-41(43)18-16-36-28-46-38(26-44(36)42)24-40(48(46)14)20-22-50(32(7)8,33(9)10)34(11)12/h15-18,23-34H,1-14H3. The first-order valence-electron chi connectivity index (χ1n) is 19.0. The van der Waals surface area contributed by atoms with Gasteiger partial charge in [0.15, 0.2) is 0 Å². The summed E-state index contributed by atoms with van der Waals surface area (Å²) in [6.07, 6.45) is 0. The van der Waals surface area contributed by atoms with Crippen LogP contribution in [0.4, 0.5) is 0 Å². The molecule has 0 spiro atoms. The Morgan fingerprint density at radius 1 is 0.400 bits per heavy atom. The van der Waals surface area contributed by atoms with Gasteiger partial charge in [0.05, 0.1) is 11.4 Å². The Morgan fingerprint density at radius 2 is 0.720 bits per heavy atom. The van der Waals surface area contributed by atoms with Crippen molar-refractivity contribution < 1.29 is 0 Å². The van der Waals surface area contributed by atoms with E-state index in [1.54, 1.807) is 0 Å². The fraction of sp³-hybridized carbons (Fsp3) is 0.435. The number of aromatic nitrogens is 2. The number of benzene rings is 4. The van der Waals surface area contributed by atoms with E-state index in [9.17, 15) is 0 Å². The summed E-state index contributed by atoms with van der Waals surface area (Å²) >= 11 is 0. The smallest absolute Gasteiger partial charge is 0.146 e. The molecule has 0 amide bonds. The summed E-state index contributed by atoms with van der Waals surface area (Å²) in [4.78, 5) is 0. The molecule has 0 radical (unpaired) electrons. The molecule has 50 heavy (non-hydrogen) atoms. The molecule has 4 heteroatoms. The van der Waals surface area contributed by atoms with Crippen LogP contribution in [0.2, 0.25) is 33.2 Å². The van der Waals surface area contributed by atoms with Gasteiger partial charge in [0.1, 0.15) is 16.1 Å². The largest absolute Gasteiger partial charge is 0.337 e. The monoisotopic (exact) mass is 694 g/mol. The van der Waals surface area contributed by atoms with E-state index in [-0.39, 0.29) is 0 Å². The predicted octanol–water partition coefficient (Wildman–Crippen LogP) is 13.3. The van der Waals surface area contributed by atoms with Crippen LogP contribution < -0.4 is 0 Å². The van der Waals surface area contributed by atoms with Crippen molar-refractivity contribution in [1.82, 2.24) is 9.13 Å². The Hall–Kier alpha value is -3.71. The first-order valence-corrected chi connectivity index (χ1v) is 23.4. The van der Waals surface area contributed by atoms with Crippen LogP contribution in [0.5, 0.6) is 0 Å². The van der Waals surface area contributed by atoms with Crippen LogP contribution in [0.15, 0.2) is 60.7 Å². The Labute approximate surface area is 303 Å². The molecule has 0 fully saturated rings. The molecule has 0 aliphatic rings. The highest BCUT2D eigenvalue weighted by atomic mass is 28.3. The molecule has 0 aliphatic heterocycles. The minimum absolute atomic E-state index is 0.617. The zero-order valence-corrected chi connectivity index (χ0v) is 35.1. The van der Waals surface area contributed by atoms with Crippen molar-refractivity contribution in [2.75, 3.05) is 0 Å². The van der Waals surface area contributed by atoms with Gasteiger partial charge in [-0.1, -0.05) is 119 Å². The Kier molecular flexibility index (Phi) is 9.47. The normalized spacial score (nSPS) is 13.0. The maximum atomic E-state index is 3.95.